The van der Waals surface area contributed by atoms with Crippen LogP contribution < -0.4 is 5.32 Å². The highest BCUT2D eigenvalue weighted by atomic mass is 16.2. The summed E-state index contributed by atoms with van der Waals surface area (Å²) in [6.07, 6.45) is 3.38. The number of rotatable bonds is 2. The van der Waals surface area contributed by atoms with E-state index in [4.69, 9.17) is 0 Å². The predicted octanol–water partition coefficient (Wildman–Crippen LogP) is 1.09. The van der Waals surface area contributed by atoms with Crippen molar-refractivity contribution in [3.63, 3.8) is 0 Å². The van der Waals surface area contributed by atoms with Gasteiger partial charge in [-0.25, -0.2) is 4.68 Å². The van der Waals surface area contributed by atoms with E-state index < -0.39 is 0 Å². The van der Waals surface area contributed by atoms with E-state index in [0.29, 0.717) is 12.1 Å². The Morgan fingerprint density at radius 2 is 2.24 bits per heavy atom. The van der Waals surface area contributed by atoms with E-state index in [0.717, 1.165) is 18.8 Å². The van der Waals surface area contributed by atoms with E-state index in [2.05, 4.69) is 29.5 Å². The molecule has 0 unspecified atom stereocenters. The number of aromatic nitrogens is 3. The van der Waals surface area contributed by atoms with Crippen LogP contribution in [0.25, 0.3) is 5.69 Å². The number of carbonyl (C=O) groups is 1. The maximum atomic E-state index is 12.7. The van der Waals surface area contributed by atoms with Gasteiger partial charge < -0.3 is 10.2 Å². The largest absolute Gasteiger partial charge is 0.336 e. The quantitative estimate of drug-likeness (QED) is 0.897. The molecule has 1 amide bonds. The van der Waals surface area contributed by atoms with Crippen molar-refractivity contribution < 1.29 is 4.79 Å². The zero-order chi connectivity index (χ0) is 14.9. The molecule has 2 aromatic rings. The number of carbonyl (C=O) groups excluding carboxylic acids is 1. The van der Waals surface area contributed by atoms with Crippen LogP contribution in [0.5, 0.6) is 0 Å². The van der Waals surface area contributed by atoms with Crippen LogP contribution in [0.1, 0.15) is 24.2 Å². The maximum Gasteiger partial charge on any atom is 0.254 e. The van der Waals surface area contributed by atoms with E-state index in [1.807, 2.05) is 29.2 Å². The zero-order valence-electron chi connectivity index (χ0n) is 12.3. The number of amides is 1. The molecular formula is C15H19N5O. The molecule has 0 aliphatic carbocycles. The summed E-state index contributed by atoms with van der Waals surface area (Å²) in [4.78, 5) is 14.6. The Kier molecular flexibility index (Phi) is 3.47. The third-order valence-corrected chi connectivity index (χ3v) is 3.64. The summed E-state index contributed by atoms with van der Waals surface area (Å²) in [7, 11) is 0. The molecule has 1 aliphatic rings. The molecule has 1 N–H and O–H groups in total. The number of hydrogen-bond donors (Lipinski definition) is 1. The molecular weight excluding hydrogens is 266 g/mol. The summed E-state index contributed by atoms with van der Waals surface area (Å²) in [5.41, 5.74) is 1.48. The zero-order valence-corrected chi connectivity index (χ0v) is 12.3. The molecule has 3 rings (SSSR count). The van der Waals surface area contributed by atoms with Crippen LogP contribution in [-0.2, 0) is 0 Å². The van der Waals surface area contributed by atoms with Gasteiger partial charge in [-0.1, -0.05) is 11.3 Å². The standard InChI is InChI=1S/C15H19N5O/c1-15(2)11-19(8-6-16-15)14(21)12-4-3-5-13(10-12)20-9-7-17-18-20/h3-5,7,9-10,16H,6,8,11H2,1-2H3. The first kappa shape index (κ1) is 13.8. The van der Waals surface area contributed by atoms with Crippen LogP contribution in [0.2, 0.25) is 0 Å². The number of nitrogens with one attached hydrogen (secondary N) is 1. The summed E-state index contributed by atoms with van der Waals surface area (Å²) in [5.74, 6) is 0.0616. The molecule has 6 nitrogen and oxygen atoms in total. The van der Waals surface area contributed by atoms with Crippen molar-refractivity contribution in [3.8, 4) is 5.69 Å². The lowest BCUT2D eigenvalue weighted by atomic mass is 10.0. The Hall–Kier alpha value is -2.21. The lowest BCUT2D eigenvalue weighted by Gasteiger charge is -2.39. The van der Waals surface area contributed by atoms with Crippen molar-refractivity contribution in [1.82, 2.24) is 25.2 Å². The van der Waals surface area contributed by atoms with Crippen molar-refractivity contribution in [2.24, 2.45) is 0 Å². The first-order valence-electron chi connectivity index (χ1n) is 7.06. The molecule has 21 heavy (non-hydrogen) atoms. The molecule has 1 aromatic heterocycles. The van der Waals surface area contributed by atoms with E-state index in [1.165, 1.54) is 0 Å². The van der Waals surface area contributed by atoms with Gasteiger partial charge in [-0.3, -0.25) is 4.79 Å². The molecule has 0 bridgehead atoms. The molecule has 1 saturated heterocycles. The van der Waals surface area contributed by atoms with Gasteiger partial charge in [0.2, 0.25) is 0 Å². The smallest absolute Gasteiger partial charge is 0.254 e. The molecule has 0 saturated carbocycles. The second-order valence-corrected chi connectivity index (χ2v) is 5.94. The number of nitrogens with zero attached hydrogens (tertiary/aromatic N) is 4. The van der Waals surface area contributed by atoms with Gasteiger partial charge in [-0.2, -0.15) is 0 Å². The van der Waals surface area contributed by atoms with Gasteiger partial charge >= 0.3 is 0 Å². The van der Waals surface area contributed by atoms with Crippen LogP contribution in [0.3, 0.4) is 0 Å². The fourth-order valence-corrected chi connectivity index (χ4v) is 2.62. The SMILES string of the molecule is CC1(C)CN(C(=O)c2cccc(-n3ccnn3)c2)CCN1. The minimum absolute atomic E-state index is 0.0442. The third-order valence-electron chi connectivity index (χ3n) is 3.64. The Labute approximate surface area is 123 Å². The normalized spacial score (nSPS) is 17.7. The van der Waals surface area contributed by atoms with Gasteiger partial charge in [0.1, 0.15) is 0 Å². The van der Waals surface area contributed by atoms with E-state index in [-0.39, 0.29) is 11.4 Å². The highest BCUT2D eigenvalue weighted by molar-refractivity contribution is 5.94. The topological polar surface area (TPSA) is 63.1 Å². The van der Waals surface area contributed by atoms with Crippen LogP contribution in [0.15, 0.2) is 36.7 Å². The summed E-state index contributed by atoms with van der Waals surface area (Å²) in [6, 6.07) is 7.48. The van der Waals surface area contributed by atoms with Crippen LogP contribution in [-0.4, -0.2) is 51.0 Å². The summed E-state index contributed by atoms with van der Waals surface area (Å²) in [5, 5.41) is 11.2. The second kappa shape index (κ2) is 5.29. The van der Waals surface area contributed by atoms with Crippen molar-refractivity contribution in [1.29, 1.82) is 0 Å². The summed E-state index contributed by atoms with van der Waals surface area (Å²) >= 11 is 0. The third kappa shape index (κ3) is 2.95. The molecule has 6 heteroatoms. The lowest BCUT2D eigenvalue weighted by Crippen LogP contribution is -2.58. The van der Waals surface area contributed by atoms with Crippen molar-refractivity contribution in [2.75, 3.05) is 19.6 Å². The fraction of sp³-hybridized carbons (Fsp3) is 0.400. The predicted molar refractivity (Wildman–Crippen MR) is 79.3 cm³/mol. The van der Waals surface area contributed by atoms with Gasteiger partial charge in [-0.15, -0.1) is 5.10 Å². The van der Waals surface area contributed by atoms with Crippen molar-refractivity contribution in [3.05, 3.63) is 42.2 Å². The van der Waals surface area contributed by atoms with Gasteiger partial charge in [0.05, 0.1) is 18.1 Å². The molecule has 0 atom stereocenters. The summed E-state index contributed by atoms with van der Waals surface area (Å²) in [6.45, 7) is 6.48. The van der Waals surface area contributed by atoms with Crippen LogP contribution in [0.4, 0.5) is 0 Å². The first-order chi connectivity index (χ1) is 10.1. The Bertz CT molecular complexity index is 635. The van der Waals surface area contributed by atoms with E-state index in [1.54, 1.807) is 17.1 Å². The molecule has 1 aromatic carbocycles. The Morgan fingerprint density at radius 1 is 1.38 bits per heavy atom. The number of hydrogen-bond acceptors (Lipinski definition) is 4. The highest BCUT2D eigenvalue weighted by Crippen LogP contribution is 2.16. The minimum Gasteiger partial charge on any atom is -0.336 e. The van der Waals surface area contributed by atoms with Crippen LogP contribution >= 0.6 is 0 Å². The van der Waals surface area contributed by atoms with Crippen molar-refractivity contribution in [2.45, 2.75) is 19.4 Å². The van der Waals surface area contributed by atoms with Gasteiger partial charge in [0.15, 0.2) is 0 Å². The molecule has 110 valence electrons. The first-order valence-corrected chi connectivity index (χ1v) is 7.06. The number of benzene rings is 1. The Balaban J connectivity index is 1.83. The average Bonchev–Trinajstić information content (AvgIpc) is 3.00. The van der Waals surface area contributed by atoms with Crippen LogP contribution in [0, 0.1) is 0 Å². The summed E-state index contributed by atoms with van der Waals surface area (Å²) < 4.78 is 1.65. The molecule has 0 spiro atoms. The van der Waals surface area contributed by atoms with Gasteiger partial charge in [-0.05, 0) is 32.0 Å². The monoisotopic (exact) mass is 285 g/mol. The lowest BCUT2D eigenvalue weighted by molar-refractivity contribution is 0.0652. The van der Waals surface area contributed by atoms with E-state index in [9.17, 15) is 4.79 Å². The maximum absolute atomic E-state index is 12.7. The van der Waals surface area contributed by atoms with Crippen molar-refractivity contribution >= 4 is 5.91 Å². The Morgan fingerprint density at radius 3 is 2.95 bits per heavy atom. The van der Waals surface area contributed by atoms with Gasteiger partial charge in [0.25, 0.3) is 5.91 Å². The average molecular weight is 285 g/mol. The number of piperazine rings is 1. The molecule has 1 fully saturated rings. The van der Waals surface area contributed by atoms with Gasteiger partial charge in [0, 0.05) is 30.7 Å². The second-order valence-electron chi connectivity index (χ2n) is 5.94. The van der Waals surface area contributed by atoms with E-state index >= 15 is 0 Å². The minimum atomic E-state index is -0.0442. The fourth-order valence-electron chi connectivity index (χ4n) is 2.62. The molecule has 1 aliphatic heterocycles. The molecule has 2 heterocycles. The highest BCUT2D eigenvalue weighted by Gasteiger charge is 2.29. The molecule has 0 radical (unpaired) electrons.